The van der Waals surface area contributed by atoms with Crippen molar-refractivity contribution >= 4 is 52.1 Å². The van der Waals surface area contributed by atoms with Crippen molar-refractivity contribution in [3.63, 3.8) is 0 Å². The van der Waals surface area contributed by atoms with E-state index >= 15 is 0 Å². The number of carbonyl (C=O) groups excluding carboxylic acids is 3. The van der Waals surface area contributed by atoms with Crippen LogP contribution in [0.1, 0.15) is 5.76 Å². The summed E-state index contributed by atoms with van der Waals surface area (Å²) in [6.07, 6.45) is 0. The molecule has 10 heteroatoms. The van der Waals surface area contributed by atoms with Crippen LogP contribution < -0.4 is 10.6 Å². The van der Waals surface area contributed by atoms with Gasteiger partial charge in [-0.3, -0.25) is 14.4 Å². The molecule has 0 saturated heterocycles. The molecule has 0 aliphatic rings. The second-order valence-electron chi connectivity index (χ2n) is 5.67. The molecule has 2 rings (SSSR count). The van der Waals surface area contributed by atoms with Gasteiger partial charge in [0, 0.05) is 25.1 Å². The Bertz CT molecular complexity index is 823. The van der Waals surface area contributed by atoms with Crippen LogP contribution in [0.3, 0.4) is 0 Å². The lowest BCUT2D eigenvalue weighted by Gasteiger charge is -2.13. The van der Waals surface area contributed by atoms with Gasteiger partial charge in [0.05, 0.1) is 17.2 Å². The van der Waals surface area contributed by atoms with E-state index in [1.165, 1.54) is 16.7 Å². The Kier molecular flexibility index (Phi) is 7.74. The third kappa shape index (κ3) is 6.99. The van der Waals surface area contributed by atoms with Gasteiger partial charge in [0.2, 0.25) is 11.8 Å². The Labute approximate surface area is 165 Å². The van der Waals surface area contributed by atoms with Gasteiger partial charge in [-0.1, -0.05) is 17.3 Å². The Hall–Kier alpha value is -2.46. The van der Waals surface area contributed by atoms with E-state index in [9.17, 15) is 14.4 Å². The van der Waals surface area contributed by atoms with E-state index in [0.717, 1.165) is 11.8 Å². The maximum Gasteiger partial charge on any atom is 0.286 e. The Morgan fingerprint density at radius 2 is 1.78 bits per heavy atom. The average molecular weight is 409 g/mol. The number of benzene rings is 1. The first-order valence-electron chi connectivity index (χ1n) is 7.94. The Morgan fingerprint density at radius 3 is 2.41 bits per heavy atom. The summed E-state index contributed by atoms with van der Waals surface area (Å²) in [6, 6.07) is 8.68. The lowest BCUT2D eigenvalue weighted by Crippen LogP contribution is -2.19. The summed E-state index contributed by atoms with van der Waals surface area (Å²) in [5.41, 5.74) is 0.561. The molecule has 0 radical (unpaired) electrons. The highest BCUT2D eigenvalue weighted by molar-refractivity contribution is 8.13. The van der Waals surface area contributed by atoms with Gasteiger partial charge in [-0.2, -0.15) is 0 Å². The van der Waals surface area contributed by atoms with Crippen molar-refractivity contribution in [3.05, 3.63) is 36.1 Å². The van der Waals surface area contributed by atoms with Gasteiger partial charge in [0.1, 0.15) is 5.76 Å². The molecule has 1 aromatic heterocycles. The molecule has 2 aromatic rings. The van der Waals surface area contributed by atoms with E-state index in [4.69, 9.17) is 4.52 Å². The number of hydrogen-bond donors (Lipinski definition) is 2. The summed E-state index contributed by atoms with van der Waals surface area (Å²) in [6.45, 7) is 1.73. The van der Waals surface area contributed by atoms with E-state index in [1.54, 1.807) is 51.4 Å². The summed E-state index contributed by atoms with van der Waals surface area (Å²) in [4.78, 5) is 37.9. The van der Waals surface area contributed by atoms with E-state index < -0.39 is 0 Å². The van der Waals surface area contributed by atoms with Crippen molar-refractivity contribution in [2.24, 2.45) is 0 Å². The molecule has 27 heavy (non-hydrogen) atoms. The first-order valence-corrected chi connectivity index (χ1v) is 9.91. The molecular weight excluding hydrogens is 388 g/mol. The van der Waals surface area contributed by atoms with E-state index in [-0.39, 0.29) is 28.6 Å². The second-order valence-corrected chi connectivity index (χ2v) is 7.65. The maximum atomic E-state index is 12.1. The van der Waals surface area contributed by atoms with Crippen molar-refractivity contribution < 1.29 is 18.9 Å². The number of carbonyl (C=O) groups is 3. The summed E-state index contributed by atoms with van der Waals surface area (Å²) in [5.74, 6) is 0.630. The number of nitrogens with zero attached hydrogens (tertiary/aromatic N) is 2. The molecule has 0 aliphatic carbocycles. The van der Waals surface area contributed by atoms with Crippen LogP contribution in [-0.4, -0.2) is 52.7 Å². The zero-order valence-corrected chi connectivity index (χ0v) is 16.8. The fourth-order valence-electron chi connectivity index (χ4n) is 1.87. The van der Waals surface area contributed by atoms with Crippen molar-refractivity contribution in [3.8, 4) is 0 Å². The molecule has 0 spiro atoms. The van der Waals surface area contributed by atoms with Crippen molar-refractivity contribution in [1.82, 2.24) is 10.1 Å². The Morgan fingerprint density at radius 1 is 1.11 bits per heavy atom. The van der Waals surface area contributed by atoms with Crippen LogP contribution in [0.25, 0.3) is 0 Å². The molecule has 0 bridgehead atoms. The van der Waals surface area contributed by atoms with Gasteiger partial charge in [-0.15, -0.1) is 11.8 Å². The third-order valence-electron chi connectivity index (χ3n) is 3.09. The fourth-order valence-corrected chi connectivity index (χ4v) is 3.23. The molecule has 0 aliphatic heterocycles. The topological polar surface area (TPSA) is 105 Å². The molecule has 0 fully saturated rings. The number of nitrogens with one attached hydrogen (secondary N) is 2. The smallest absolute Gasteiger partial charge is 0.286 e. The minimum atomic E-state index is -0.270. The monoisotopic (exact) mass is 408 g/mol. The number of hydrogen-bond acceptors (Lipinski definition) is 7. The predicted molar refractivity (Wildman–Crippen MR) is 107 cm³/mol. The number of aromatic nitrogens is 1. The van der Waals surface area contributed by atoms with E-state index in [0.29, 0.717) is 22.2 Å². The highest BCUT2D eigenvalue weighted by Gasteiger charge is 2.13. The standard InChI is InChI=1S/C17H20N4O4S2/c1-11-8-14(20-25-11)19-16(23)10-26-9-15(22)18-12-6-4-5-7-13(12)27-17(24)21(2)3/h4-8H,9-10H2,1-3H3,(H,18,22)(H,19,20,23). The zero-order chi connectivity index (χ0) is 19.8. The van der Waals surface area contributed by atoms with Crippen LogP contribution in [0.5, 0.6) is 0 Å². The molecule has 8 nitrogen and oxygen atoms in total. The van der Waals surface area contributed by atoms with Crippen LogP contribution in [0.4, 0.5) is 16.3 Å². The van der Waals surface area contributed by atoms with Crippen LogP contribution >= 0.6 is 23.5 Å². The minimum Gasteiger partial charge on any atom is -0.360 e. The molecule has 144 valence electrons. The quantitative estimate of drug-likeness (QED) is 0.678. The van der Waals surface area contributed by atoms with Crippen molar-refractivity contribution in [2.75, 3.05) is 36.2 Å². The summed E-state index contributed by atoms with van der Waals surface area (Å²) in [7, 11) is 3.33. The fraction of sp³-hybridized carbons (Fsp3) is 0.294. The second kappa shape index (κ2) is 10.0. The number of anilines is 2. The van der Waals surface area contributed by atoms with Gasteiger partial charge in [0.15, 0.2) is 5.82 Å². The molecule has 0 atom stereocenters. The van der Waals surface area contributed by atoms with Crippen LogP contribution in [0, 0.1) is 6.92 Å². The molecule has 1 aromatic carbocycles. The molecule has 0 unspecified atom stereocenters. The van der Waals surface area contributed by atoms with E-state index in [2.05, 4.69) is 15.8 Å². The van der Waals surface area contributed by atoms with Crippen molar-refractivity contribution in [2.45, 2.75) is 11.8 Å². The highest BCUT2D eigenvalue weighted by Crippen LogP contribution is 2.28. The number of amides is 3. The van der Waals surface area contributed by atoms with Gasteiger partial charge < -0.3 is 20.1 Å². The predicted octanol–water partition coefficient (Wildman–Crippen LogP) is 3.07. The molecular formula is C17H20N4O4S2. The lowest BCUT2D eigenvalue weighted by atomic mass is 10.3. The first kappa shape index (κ1) is 20.8. The van der Waals surface area contributed by atoms with Gasteiger partial charge in [0.25, 0.3) is 5.24 Å². The normalized spacial score (nSPS) is 10.3. The van der Waals surface area contributed by atoms with Gasteiger partial charge >= 0.3 is 0 Å². The molecule has 3 amide bonds. The van der Waals surface area contributed by atoms with E-state index in [1.807, 2.05) is 0 Å². The molecule has 2 N–H and O–H groups in total. The highest BCUT2D eigenvalue weighted by atomic mass is 32.2. The zero-order valence-electron chi connectivity index (χ0n) is 15.1. The number of rotatable bonds is 7. The summed E-state index contributed by atoms with van der Waals surface area (Å²) >= 11 is 2.21. The van der Waals surface area contributed by atoms with Crippen LogP contribution in [0.2, 0.25) is 0 Å². The van der Waals surface area contributed by atoms with Crippen molar-refractivity contribution in [1.29, 1.82) is 0 Å². The summed E-state index contributed by atoms with van der Waals surface area (Å²) in [5, 5.41) is 8.89. The summed E-state index contributed by atoms with van der Waals surface area (Å²) < 4.78 is 4.86. The molecule has 0 saturated carbocycles. The Balaban J connectivity index is 1.80. The largest absolute Gasteiger partial charge is 0.360 e. The SMILES string of the molecule is Cc1cc(NC(=O)CSCC(=O)Nc2ccccc2SC(=O)N(C)C)no1. The molecule has 1 heterocycles. The minimum absolute atomic E-state index is 0.103. The van der Waals surface area contributed by atoms with Crippen LogP contribution in [0.15, 0.2) is 39.8 Å². The maximum absolute atomic E-state index is 12.1. The number of aryl methyl sites for hydroxylation is 1. The van der Waals surface area contributed by atoms with Gasteiger partial charge in [-0.25, -0.2) is 0 Å². The number of thioether (sulfide) groups is 2. The van der Waals surface area contributed by atoms with Gasteiger partial charge in [-0.05, 0) is 30.8 Å². The average Bonchev–Trinajstić information content (AvgIpc) is 3.01. The van der Waals surface area contributed by atoms with Crippen LogP contribution in [-0.2, 0) is 9.59 Å². The number of para-hydroxylation sites is 1. The first-order chi connectivity index (χ1) is 12.8. The lowest BCUT2D eigenvalue weighted by molar-refractivity contribution is -0.114. The third-order valence-corrected chi connectivity index (χ3v) is 5.13.